The maximum absolute atomic E-state index is 5.36. The Morgan fingerprint density at radius 3 is 2.90 bits per heavy atom. The summed E-state index contributed by atoms with van der Waals surface area (Å²) in [7, 11) is 0. The summed E-state index contributed by atoms with van der Waals surface area (Å²) < 4.78 is 6.40. The first-order chi connectivity index (χ1) is 9.81. The molecule has 1 fully saturated rings. The zero-order valence-electron chi connectivity index (χ0n) is 11.2. The van der Waals surface area contributed by atoms with Crippen LogP contribution in [0.15, 0.2) is 33.3 Å². The minimum absolute atomic E-state index is 0.653. The monoisotopic (exact) mass is 336 g/mol. The van der Waals surface area contributed by atoms with Crippen molar-refractivity contribution in [3.63, 3.8) is 0 Å². The highest BCUT2D eigenvalue weighted by atomic mass is 79.9. The summed E-state index contributed by atoms with van der Waals surface area (Å²) in [4.78, 5) is 6.83. The van der Waals surface area contributed by atoms with Gasteiger partial charge in [-0.05, 0) is 43.8 Å². The van der Waals surface area contributed by atoms with Gasteiger partial charge in [-0.1, -0.05) is 21.1 Å². The lowest BCUT2D eigenvalue weighted by atomic mass is 10.2. The molecule has 0 aliphatic carbocycles. The van der Waals surface area contributed by atoms with Crippen molar-refractivity contribution in [2.45, 2.75) is 13.0 Å². The van der Waals surface area contributed by atoms with E-state index in [4.69, 9.17) is 4.52 Å². The first kappa shape index (κ1) is 13.7. The van der Waals surface area contributed by atoms with Crippen LogP contribution in [0.2, 0.25) is 0 Å². The average molecular weight is 337 g/mol. The molecule has 0 saturated carbocycles. The van der Waals surface area contributed by atoms with Crippen LogP contribution in [-0.4, -0.2) is 41.2 Å². The molecule has 3 rings (SSSR count). The van der Waals surface area contributed by atoms with Crippen molar-refractivity contribution < 1.29 is 4.52 Å². The fraction of sp³-hybridized carbons (Fsp3) is 0.429. The summed E-state index contributed by atoms with van der Waals surface area (Å²) >= 11 is 3.42. The van der Waals surface area contributed by atoms with Crippen molar-refractivity contribution in [1.82, 2.24) is 20.4 Å². The van der Waals surface area contributed by atoms with Crippen LogP contribution in [0.4, 0.5) is 0 Å². The zero-order chi connectivity index (χ0) is 13.8. The summed E-state index contributed by atoms with van der Waals surface area (Å²) in [5.74, 6) is 1.34. The van der Waals surface area contributed by atoms with Gasteiger partial charge in [-0.15, -0.1) is 0 Å². The molecule has 5 nitrogen and oxygen atoms in total. The lowest BCUT2D eigenvalue weighted by Crippen LogP contribution is -2.27. The third-order valence-corrected chi connectivity index (χ3v) is 3.89. The van der Waals surface area contributed by atoms with Gasteiger partial charge in [0.25, 0.3) is 0 Å². The van der Waals surface area contributed by atoms with Crippen molar-refractivity contribution in [3.05, 3.63) is 34.6 Å². The molecule has 1 N–H and O–H groups in total. The Bertz CT molecular complexity index is 547. The second-order valence-corrected chi connectivity index (χ2v) is 5.81. The summed E-state index contributed by atoms with van der Waals surface area (Å²) in [5.41, 5.74) is 0.973. The van der Waals surface area contributed by atoms with E-state index in [0.29, 0.717) is 11.7 Å². The van der Waals surface area contributed by atoms with Crippen molar-refractivity contribution in [3.8, 4) is 11.4 Å². The fourth-order valence-corrected chi connectivity index (χ4v) is 2.55. The van der Waals surface area contributed by atoms with E-state index in [-0.39, 0.29) is 0 Å². The quantitative estimate of drug-likeness (QED) is 0.931. The molecule has 1 aliphatic heterocycles. The van der Waals surface area contributed by atoms with Gasteiger partial charge < -0.3 is 9.84 Å². The number of hydrogen-bond donors (Lipinski definition) is 1. The third-order valence-electron chi connectivity index (χ3n) is 3.36. The topological polar surface area (TPSA) is 54.2 Å². The molecule has 6 heteroatoms. The first-order valence-electron chi connectivity index (χ1n) is 6.83. The smallest absolute Gasteiger partial charge is 0.241 e. The van der Waals surface area contributed by atoms with Gasteiger partial charge in [0.1, 0.15) is 0 Å². The van der Waals surface area contributed by atoms with Crippen LogP contribution in [0.3, 0.4) is 0 Å². The number of halogens is 1. The molecular weight excluding hydrogens is 320 g/mol. The molecule has 106 valence electrons. The highest BCUT2D eigenvalue weighted by Crippen LogP contribution is 2.19. The molecule has 0 spiro atoms. The Hall–Kier alpha value is -1.24. The van der Waals surface area contributed by atoms with E-state index < -0.39 is 0 Å². The Balaban J connectivity index is 1.68. The molecule has 1 aliphatic rings. The van der Waals surface area contributed by atoms with Crippen LogP contribution in [0, 0.1) is 0 Å². The highest BCUT2D eigenvalue weighted by Gasteiger charge is 2.14. The lowest BCUT2D eigenvalue weighted by Gasteiger charge is -2.16. The minimum atomic E-state index is 0.653. The van der Waals surface area contributed by atoms with E-state index in [9.17, 15) is 0 Å². The summed E-state index contributed by atoms with van der Waals surface area (Å²) in [5, 5.41) is 7.45. The van der Waals surface area contributed by atoms with Crippen LogP contribution < -0.4 is 5.32 Å². The fourth-order valence-electron chi connectivity index (χ4n) is 2.29. The number of benzene rings is 1. The van der Waals surface area contributed by atoms with Crippen molar-refractivity contribution in [1.29, 1.82) is 0 Å². The normalized spacial score (nSPS) is 17.1. The van der Waals surface area contributed by atoms with E-state index in [0.717, 1.165) is 49.2 Å². The largest absolute Gasteiger partial charge is 0.338 e. The number of nitrogens with zero attached hydrogens (tertiary/aromatic N) is 3. The van der Waals surface area contributed by atoms with E-state index in [1.54, 1.807) is 0 Å². The van der Waals surface area contributed by atoms with Crippen LogP contribution in [-0.2, 0) is 6.54 Å². The maximum Gasteiger partial charge on any atom is 0.241 e. The SMILES string of the molecule is Brc1ccc(-c2noc(CN3CCCNCC3)n2)cc1. The number of rotatable bonds is 3. The third kappa shape index (κ3) is 3.45. The molecule has 0 bridgehead atoms. The Labute approximate surface area is 126 Å². The maximum atomic E-state index is 5.36. The molecule has 0 radical (unpaired) electrons. The molecule has 1 aromatic heterocycles. The van der Waals surface area contributed by atoms with E-state index in [1.165, 1.54) is 0 Å². The van der Waals surface area contributed by atoms with Gasteiger partial charge in [0.05, 0.1) is 6.54 Å². The molecule has 2 heterocycles. The van der Waals surface area contributed by atoms with E-state index >= 15 is 0 Å². The van der Waals surface area contributed by atoms with Gasteiger partial charge in [-0.3, -0.25) is 4.90 Å². The number of nitrogens with one attached hydrogen (secondary N) is 1. The predicted molar refractivity (Wildman–Crippen MR) is 80.2 cm³/mol. The Morgan fingerprint density at radius 2 is 2.05 bits per heavy atom. The lowest BCUT2D eigenvalue weighted by molar-refractivity contribution is 0.239. The van der Waals surface area contributed by atoms with E-state index in [2.05, 4.69) is 36.3 Å². The molecule has 2 aromatic rings. The van der Waals surface area contributed by atoms with Gasteiger partial charge in [0.15, 0.2) is 0 Å². The Morgan fingerprint density at radius 1 is 1.20 bits per heavy atom. The second kappa shape index (κ2) is 6.47. The summed E-state index contributed by atoms with van der Waals surface area (Å²) in [6.45, 7) is 4.93. The number of aromatic nitrogens is 2. The van der Waals surface area contributed by atoms with Gasteiger partial charge in [0.2, 0.25) is 11.7 Å². The molecule has 0 atom stereocenters. The predicted octanol–water partition coefficient (Wildman–Crippen LogP) is 2.29. The average Bonchev–Trinajstić information content (AvgIpc) is 2.76. The molecule has 0 unspecified atom stereocenters. The highest BCUT2D eigenvalue weighted by molar-refractivity contribution is 9.10. The van der Waals surface area contributed by atoms with Crippen LogP contribution in [0.5, 0.6) is 0 Å². The van der Waals surface area contributed by atoms with Gasteiger partial charge in [-0.2, -0.15) is 4.98 Å². The molecule has 0 amide bonds. The van der Waals surface area contributed by atoms with Gasteiger partial charge >= 0.3 is 0 Å². The molecule has 20 heavy (non-hydrogen) atoms. The van der Waals surface area contributed by atoms with Crippen molar-refractivity contribution >= 4 is 15.9 Å². The molecule has 1 saturated heterocycles. The van der Waals surface area contributed by atoms with Crippen LogP contribution in [0.25, 0.3) is 11.4 Å². The van der Waals surface area contributed by atoms with Crippen LogP contribution in [0.1, 0.15) is 12.3 Å². The Kier molecular flexibility index (Phi) is 4.44. The molecule has 1 aromatic carbocycles. The zero-order valence-corrected chi connectivity index (χ0v) is 12.8. The standard InChI is InChI=1S/C14H17BrN4O/c15-12-4-2-11(3-5-12)14-17-13(20-18-14)10-19-8-1-6-16-7-9-19/h2-5,16H,1,6-10H2. The van der Waals surface area contributed by atoms with Crippen molar-refractivity contribution in [2.75, 3.05) is 26.2 Å². The first-order valence-corrected chi connectivity index (χ1v) is 7.62. The molecular formula is C14H17BrN4O. The van der Waals surface area contributed by atoms with Gasteiger partial charge in [-0.25, -0.2) is 0 Å². The van der Waals surface area contributed by atoms with Crippen molar-refractivity contribution in [2.24, 2.45) is 0 Å². The van der Waals surface area contributed by atoms with E-state index in [1.807, 2.05) is 24.3 Å². The summed E-state index contributed by atoms with van der Waals surface area (Å²) in [6, 6.07) is 7.92. The minimum Gasteiger partial charge on any atom is -0.338 e. The second-order valence-electron chi connectivity index (χ2n) is 4.90. The summed E-state index contributed by atoms with van der Waals surface area (Å²) in [6.07, 6.45) is 1.16. The number of hydrogen-bond acceptors (Lipinski definition) is 5. The van der Waals surface area contributed by atoms with Crippen LogP contribution >= 0.6 is 15.9 Å². The van der Waals surface area contributed by atoms with Gasteiger partial charge in [0, 0.05) is 23.1 Å².